The number of nitrogens with one attached hydrogen (secondary N) is 1. The quantitative estimate of drug-likeness (QED) is 0.205. The van der Waals surface area contributed by atoms with Gasteiger partial charge in [-0.25, -0.2) is 9.97 Å². The first-order valence-corrected chi connectivity index (χ1v) is 11.1. The van der Waals surface area contributed by atoms with Gasteiger partial charge < -0.3 is 4.98 Å². The summed E-state index contributed by atoms with van der Waals surface area (Å²) >= 11 is 0. The maximum Gasteiger partial charge on any atom is 0.0958 e. The third-order valence-electron chi connectivity index (χ3n) is 5.69. The molecule has 0 bridgehead atoms. The minimum absolute atomic E-state index is 0.986. The molecule has 3 heteroatoms. The molecule has 0 amide bonds. The topological polar surface area (TPSA) is 41.6 Å². The molecule has 0 aliphatic carbocycles. The van der Waals surface area contributed by atoms with Gasteiger partial charge in [0.25, 0.3) is 0 Å². The highest BCUT2D eigenvalue weighted by atomic mass is 14.8. The van der Waals surface area contributed by atoms with Gasteiger partial charge in [-0.1, -0.05) is 76.2 Å². The molecule has 31 heavy (non-hydrogen) atoms. The number of benzene rings is 5. The van der Waals surface area contributed by atoms with Crippen molar-refractivity contribution in [1.82, 2.24) is 15.0 Å². The van der Waals surface area contributed by atoms with Crippen LogP contribution in [0.3, 0.4) is 0 Å². The SMILES string of the molecule is CC.CC.c1ccc2cc3[nH]c4c5cccc6nc7cccc(c4nc3cc2c1)c7c65. The molecule has 5 aromatic carbocycles. The molecule has 0 radical (unpaired) electrons. The van der Waals surface area contributed by atoms with Gasteiger partial charge in [-0.05, 0) is 35.0 Å². The smallest absolute Gasteiger partial charge is 0.0958 e. The van der Waals surface area contributed by atoms with Crippen LogP contribution >= 0.6 is 0 Å². The molecular formula is C28H25N3. The van der Waals surface area contributed by atoms with Crippen molar-refractivity contribution in [3.63, 3.8) is 0 Å². The summed E-state index contributed by atoms with van der Waals surface area (Å²) in [5.74, 6) is 0. The summed E-state index contributed by atoms with van der Waals surface area (Å²) in [5.41, 5.74) is 6.22. The van der Waals surface area contributed by atoms with Gasteiger partial charge in [0, 0.05) is 21.5 Å². The molecule has 1 N–H and O–H groups in total. The predicted molar refractivity (Wildman–Crippen MR) is 135 cm³/mol. The molecule has 0 unspecified atom stereocenters. The molecule has 152 valence electrons. The first-order valence-electron chi connectivity index (χ1n) is 11.1. The van der Waals surface area contributed by atoms with E-state index in [1.807, 2.05) is 27.7 Å². The molecule has 0 fully saturated rings. The van der Waals surface area contributed by atoms with E-state index in [9.17, 15) is 0 Å². The maximum absolute atomic E-state index is 5.10. The second-order valence-corrected chi connectivity index (χ2v) is 7.19. The van der Waals surface area contributed by atoms with Gasteiger partial charge in [0.05, 0.1) is 33.1 Å². The molecule has 2 aromatic heterocycles. The number of aromatic nitrogens is 3. The van der Waals surface area contributed by atoms with Crippen molar-refractivity contribution in [2.24, 2.45) is 0 Å². The van der Waals surface area contributed by atoms with Gasteiger partial charge in [-0.2, -0.15) is 0 Å². The Labute approximate surface area is 181 Å². The molecule has 3 nitrogen and oxygen atoms in total. The zero-order chi connectivity index (χ0) is 21.5. The molecule has 0 saturated carbocycles. The van der Waals surface area contributed by atoms with E-state index in [0.29, 0.717) is 0 Å². The normalized spacial score (nSPS) is 11.2. The van der Waals surface area contributed by atoms with E-state index in [2.05, 4.69) is 77.8 Å². The van der Waals surface area contributed by atoms with Gasteiger partial charge in [0.1, 0.15) is 0 Å². The fourth-order valence-corrected chi connectivity index (χ4v) is 4.51. The summed E-state index contributed by atoms with van der Waals surface area (Å²) < 4.78 is 0. The van der Waals surface area contributed by atoms with Crippen LogP contribution in [0.5, 0.6) is 0 Å². The molecule has 0 saturated heterocycles. The predicted octanol–water partition coefficient (Wildman–Crippen LogP) is 8.21. The fraction of sp³-hybridized carbons (Fsp3) is 0.143. The van der Waals surface area contributed by atoms with Crippen LogP contribution in [-0.2, 0) is 0 Å². The highest BCUT2D eigenvalue weighted by Gasteiger charge is 2.17. The number of hydrogen-bond acceptors (Lipinski definition) is 2. The van der Waals surface area contributed by atoms with Crippen LogP contribution in [0.2, 0.25) is 0 Å². The average molecular weight is 404 g/mol. The zero-order valence-electron chi connectivity index (χ0n) is 18.3. The first-order chi connectivity index (χ1) is 15.4. The summed E-state index contributed by atoms with van der Waals surface area (Å²) in [7, 11) is 0. The molecule has 7 aromatic rings. The van der Waals surface area contributed by atoms with Crippen molar-refractivity contribution >= 4 is 65.4 Å². The van der Waals surface area contributed by atoms with Gasteiger partial charge in [0.2, 0.25) is 0 Å². The molecule has 0 aliphatic heterocycles. The highest BCUT2D eigenvalue weighted by Crippen LogP contribution is 2.40. The molecule has 7 rings (SSSR count). The molecule has 2 heterocycles. The Balaban J connectivity index is 0.000000485. The Morgan fingerprint density at radius 1 is 0.581 bits per heavy atom. The lowest BCUT2D eigenvalue weighted by molar-refractivity contribution is 1.43. The monoisotopic (exact) mass is 403 g/mol. The maximum atomic E-state index is 5.10. The Hall–Kier alpha value is -3.72. The lowest BCUT2D eigenvalue weighted by Crippen LogP contribution is -1.91. The first kappa shape index (κ1) is 19.3. The number of H-pyrrole nitrogens is 1. The van der Waals surface area contributed by atoms with E-state index in [-0.39, 0.29) is 0 Å². The van der Waals surface area contributed by atoms with Crippen molar-refractivity contribution in [2.75, 3.05) is 0 Å². The van der Waals surface area contributed by atoms with Gasteiger partial charge in [-0.3, -0.25) is 0 Å². The molecule has 0 aliphatic rings. The number of hydrogen-bond donors (Lipinski definition) is 1. The lowest BCUT2D eigenvalue weighted by Gasteiger charge is -2.10. The van der Waals surface area contributed by atoms with Crippen molar-refractivity contribution in [3.8, 4) is 0 Å². The summed E-state index contributed by atoms with van der Waals surface area (Å²) in [6.07, 6.45) is 0. The zero-order valence-corrected chi connectivity index (χ0v) is 18.3. The lowest BCUT2D eigenvalue weighted by atomic mass is 9.99. The highest BCUT2D eigenvalue weighted by molar-refractivity contribution is 6.32. The van der Waals surface area contributed by atoms with E-state index in [1.165, 1.54) is 26.9 Å². The summed E-state index contributed by atoms with van der Waals surface area (Å²) in [5, 5.41) is 7.22. The van der Waals surface area contributed by atoms with E-state index in [1.54, 1.807) is 0 Å². The van der Waals surface area contributed by atoms with E-state index in [4.69, 9.17) is 9.97 Å². The van der Waals surface area contributed by atoms with Gasteiger partial charge >= 0.3 is 0 Å². The van der Waals surface area contributed by atoms with Crippen LogP contribution in [0, 0.1) is 0 Å². The third kappa shape index (κ3) is 2.73. The molecular weight excluding hydrogens is 378 g/mol. The number of fused-ring (bicyclic) bond motifs is 5. The van der Waals surface area contributed by atoms with E-state index < -0.39 is 0 Å². The second kappa shape index (κ2) is 7.51. The fourth-order valence-electron chi connectivity index (χ4n) is 4.51. The van der Waals surface area contributed by atoms with Crippen molar-refractivity contribution in [3.05, 3.63) is 72.8 Å². The largest absolute Gasteiger partial charge is 0.351 e. The molecule has 0 atom stereocenters. The third-order valence-corrected chi connectivity index (χ3v) is 5.69. The minimum atomic E-state index is 0.986. The van der Waals surface area contributed by atoms with Gasteiger partial charge in [-0.15, -0.1) is 0 Å². The Morgan fingerprint density at radius 3 is 1.90 bits per heavy atom. The van der Waals surface area contributed by atoms with Crippen LogP contribution in [0.1, 0.15) is 27.7 Å². The van der Waals surface area contributed by atoms with Crippen LogP contribution in [0.15, 0.2) is 72.8 Å². The van der Waals surface area contributed by atoms with Crippen LogP contribution < -0.4 is 0 Å². The van der Waals surface area contributed by atoms with Crippen LogP contribution in [-0.4, -0.2) is 15.0 Å². The number of aromatic amines is 1. The van der Waals surface area contributed by atoms with E-state index >= 15 is 0 Å². The van der Waals surface area contributed by atoms with Gasteiger partial charge in [0.15, 0.2) is 0 Å². The van der Waals surface area contributed by atoms with Crippen LogP contribution in [0.25, 0.3) is 65.4 Å². The summed E-state index contributed by atoms with van der Waals surface area (Å²) in [6, 6.07) is 25.4. The van der Waals surface area contributed by atoms with Crippen LogP contribution in [0.4, 0.5) is 0 Å². The average Bonchev–Trinajstić information content (AvgIpc) is 3.23. The van der Waals surface area contributed by atoms with E-state index in [0.717, 1.165) is 38.5 Å². The Morgan fingerprint density at radius 2 is 1.19 bits per heavy atom. The standard InChI is InChI=1S/C24H13N3.2C2H6/c1-2-6-14-12-20-19(11-13(14)5-1)26-23-15-7-3-9-17-21(15)22-16(24(23)27-20)8-4-10-18(22)25-17;2*1-2/h1-12,26H;2*1-2H3. The number of nitrogens with zero attached hydrogens (tertiary/aromatic N) is 2. The van der Waals surface area contributed by atoms with Crippen molar-refractivity contribution in [1.29, 1.82) is 0 Å². The Kier molecular flexibility index (Phi) is 4.67. The minimum Gasteiger partial charge on any atom is -0.351 e. The number of rotatable bonds is 0. The van der Waals surface area contributed by atoms with Crippen molar-refractivity contribution < 1.29 is 0 Å². The summed E-state index contributed by atoms with van der Waals surface area (Å²) in [4.78, 5) is 13.6. The second-order valence-electron chi connectivity index (χ2n) is 7.19. The summed E-state index contributed by atoms with van der Waals surface area (Å²) in [6.45, 7) is 8.00. The van der Waals surface area contributed by atoms with Crippen molar-refractivity contribution in [2.45, 2.75) is 27.7 Å². The Bertz CT molecular complexity index is 1550. The molecule has 0 spiro atoms.